The summed E-state index contributed by atoms with van der Waals surface area (Å²) in [6.45, 7) is 5.44. The van der Waals surface area contributed by atoms with Gasteiger partial charge in [0.05, 0.1) is 39.3 Å². The number of halogens is 1. The number of aryl methyl sites for hydroxylation is 1. The molecule has 0 saturated carbocycles. The van der Waals surface area contributed by atoms with Gasteiger partial charge >= 0.3 is 0 Å². The Morgan fingerprint density at radius 3 is 2.62 bits per heavy atom. The van der Waals surface area contributed by atoms with Gasteiger partial charge in [-0.25, -0.2) is 8.42 Å². The first kappa shape index (κ1) is 20.9. The van der Waals surface area contributed by atoms with Crippen LogP contribution in [0.25, 0.3) is 0 Å². The molecular formula is C19H20ClN3O5S. The van der Waals surface area contributed by atoms with E-state index in [0.717, 1.165) is 5.69 Å². The third kappa shape index (κ3) is 4.30. The number of carbonyl (C=O) groups is 1. The Morgan fingerprint density at radius 2 is 2.00 bits per heavy atom. The number of hydrogen-bond acceptors (Lipinski definition) is 6. The van der Waals surface area contributed by atoms with E-state index in [1.807, 2.05) is 6.92 Å². The molecule has 154 valence electrons. The molecule has 0 aliphatic heterocycles. The summed E-state index contributed by atoms with van der Waals surface area (Å²) in [7, 11) is -3.48. The lowest BCUT2D eigenvalue weighted by Gasteiger charge is -2.09. The summed E-state index contributed by atoms with van der Waals surface area (Å²) in [6, 6.07) is 6.85. The zero-order chi connectivity index (χ0) is 21.3. The van der Waals surface area contributed by atoms with Crippen LogP contribution in [0.15, 0.2) is 39.6 Å². The maximum atomic E-state index is 12.5. The number of nitrogens with zero attached hydrogens (tertiary/aromatic N) is 2. The minimum atomic E-state index is -3.48. The van der Waals surface area contributed by atoms with Crippen molar-refractivity contribution in [1.29, 1.82) is 0 Å². The van der Waals surface area contributed by atoms with E-state index in [1.165, 1.54) is 31.2 Å². The van der Waals surface area contributed by atoms with Crippen LogP contribution < -0.4 is 5.32 Å². The number of anilines is 1. The van der Waals surface area contributed by atoms with Crippen LogP contribution in [-0.2, 0) is 16.4 Å². The van der Waals surface area contributed by atoms with Crippen molar-refractivity contribution >= 4 is 33.0 Å². The smallest absolute Gasteiger partial charge is 0.291 e. The van der Waals surface area contributed by atoms with E-state index < -0.39 is 15.7 Å². The number of carbonyl (C=O) groups excluding carboxylic acids is 1. The van der Waals surface area contributed by atoms with E-state index in [2.05, 4.69) is 10.4 Å². The highest BCUT2D eigenvalue weighted by Crippen LogP contribution is 2.28. The fraction of sp³-hybridized carbons (Fsp3) is 0.263. The van der Waals surface area contributed by atoms with E-state index in [1.54, 1.807) is 17.7 Å². The van der Waals surface area contributed by atoms with E-state index in [9.17, 15) is 18.3 Å². The first-order chi connectivity index (χ1) is 13.6. The first-order valence-corrected chi connectivity index (χ1v) is 10.8. The lowest BCUT2D eigenvalue weighted by Crippen LogP contribution is -2.12. The number of phenolic OH excluding ortho intramolecular Hbond substituents is 1. The molecule has 0 saturated heterocycles. The number of phenols is 1. The highest BCUT2D eigenvalue weighted by molar-refractivity contribution is 7.91. The molecule has 0 unspecified atom stereocenters. The Morgan fingerprint density at radius 1 is 1.28 bits per heavy atom. The van der Waals surface area contributed by atoms with Crippen LogP contribution in [-0.4, -0.2) is 35.0 Å². The van der Waals surface area contributed by atoms with Crippen molar-refractivity contribution in [2.24, 2.45) is 0 Å². The Hall–Kier alpha value is -2.78. The van der Waals surface area contributed by atoms with Crippen LogP contribution in [0.2, 0.25) is 5.02 Å². The molecule has 0 aliphatic carbocycles. The summed E-state index contributed by atoms with van der Waals surface area (Å²) in [6.07, 6.45) is 0. The minimum absolute atomic E-state index is 0.00893. The van der Waals surface area contributed by atoms with Crippen LogP contribution in [0.1, 0.15) is 34.6 Å². The number of hydrogen-bond donors (Lipinski definition) is 2. The molecule has 1 aromatic carbocycles. The summed E-state index contributed by atoms with van der Waals surface area (Å²) in [5, 5.41) is 17.3. The second-order valence-corrected chi connectivity index (χ2v) is 9.10. The molecule has 0 aliphatic rings. The monoisotopic (exact) mass is 437 g/mol. The van der Waals surface area contributed by atoms with Gasteiger partial charge in [0.25, 0.3) is 5.91 Å². The number of sulfone groups is 1. The van der Waals surface area contributed by atoms with Crippen molar-refractivity contribution < 1.29 is 22.7 Å². The number of furan rings is 1. The van der Waals surface area contributed by atoms with Gasteiger partial charge in [-0.2, -0.15) is 5.10 Å². The number of benzene rings is 1. The average Bonchev–Trinajstić information content (AvgIpc) is 3.24. The molecule has 2 heterocycles. The molecule has 0 atom stereocenters. The van der Waals surface area contributed by atoms with Gasteiger partial charge in [0.1, 0.15) is 11.5 Å². The standard InChI is InChI=1S/C19H20ClN3O5S/c1-4-29(26,27)14-6-7-16(24)15(9-14)21-19(25)17-8-5-13(28-17)10-23-12(3)18(20)11(2)22-23/h5-9,24H,4,10H2,1-3H3,(H,21,25). The fourth-order valence-corrected chi connectivity index (χ4v) is 3.76. The molecule has 0 spiro atoms. The molecular weight excluding hydrogens is 418 g/mol. The van der Waals surface area contributed by atoms with Gasteiger partial charge in [-0.05, 0) is 44.2 Å². The lowest BCUT2D eigenvalue weighted by molar-refractivity contribution is 0.0994. The van der Waals surface area contributed by atoms with E-state index in [0.29, 0.717) is 23.0 Å². The Balaban J connectivity index is 1.79. The molecule has 0 bridgehead atoms. The van der Waals surface area contributed by atoms with Crippen molar-refractivity contribution in [3.63, 3.8) is 0 Å². The number of amides is 1. The molecule has 2 N–H and O–H groups in total. The van der Waals surface area contributed by atoms with Crippen LogP contribution in [0.5, 0.6) is 5.75 Å². The Kier molecular flexibility index (Phi) is 5.72. The maximum absolute atomic E-state index is 12.5. The van der Waals surface area contributed by atoms with Gasteiger partial charge in [-0.1, -0.05) is 18.5 Å². The van der Waals surface area contributed by atoms with Crippen molar-refractivity contribution in [1.82, 2.24) is 9.78 Å². The highest BCUT2D eigenvalue weighted by atomic mass is 35.5. The molecule has 29 heavy (non-hydrogen) atoms. The molecule has 2 aromatic heterocycles. The van der Waals surface area contributed by atoms with Crippen LogP contribution in [0.4, 0.5) is 5.69 Å². The van der Waals surface area contributed by atoms with Gasteiger partial charge in [0.2, 0.25) is 0 Å². The zero-order valence-electron chi connectivity index (χ0n) is 16.1. The second-order valence-electron chi connectivity index (χ2n) is 6.44. The maximum Gasteiger partial charge on any atom is 0.291 e. The largest absolute Gasteiger partial charge is 0.506 e. The summed E-state index contributed by atoms with van der Waals surface area (Å²) >= 11 is 6.14. The van der Waals surface area contributed by atoms with Gasteiger partial charge in [-0.15, -0.1) is 0 Å². The third-order valence-corrected chi connectivity index (χ3v) is 6.72. The second kappa shape index (κ2) is 7.92. The number of aromatic hydroxyl groups is 1. The fourth-order valence-electron chi connectivity index (χ4n) is 2.72. The summed E-state index contributed by atoms with van der Waals surface area (Å²) in [5.41, 5.74) is 1.46. The van der Waals surface area contributed by atoms with Gasteiger partial charge in [-0.3, -0.25) is 9.48 Å². The van der Waals surface area contributed by atoms with Gasteiger partial charge in [0.15, 0.2) is 15.6 Å². The molecule has 10 heteroatoms. The third-order valence-electron chi connectivity index (χ3n) is 4.44. The van der Waals surface area contributed by atoms with Crippen molar-refractivity contribution in [2.45, 2.75) is 32.2 Å². The normalized spacial score (nSPS) is 11.6. The van der Waals surface area contributed by atoms with E-state index >= 15 is 0 Å². The van der Waals surface area contributed by atoms with Gasteiger partial charge < -0.3 is 14.8 Å². The molecule has 8 nitrogen and oxygen atoms in total. The number of nitrogens with one attached hydrogen (secondary N) is 1. The molecule has 0 fully saturated rings. The highest BCUT2D eigenvalue weighted by Gasteiger charge is 2.18. The van der Waals surface area contributed by atoms with Crippen LogP contribution >= 0.6 is 11.6 Å². The van der Waals surface area contributed by atoms with Crippen molar-refractivity contribution in [3.05, 3.63) is 58.3 Å². The average molecular weight is 438 g/mol. The van der Waals surface area contributed by atoms with Crippen molar-refractivity contribution in [2.75, 3.05) is 11.1 Å². The predicted octanol–water partition coefficient (Wildman–Crippen LogP) is 3.55. The molecule has 3 aromatic rings. The first-order valence-electron chi connectivity index (χ1n) is 8.77. The molecule has 1 amide bonds. The quantitative estimate of drug-likeness (QED) is 0.570. The Bertz CT molecular complexity index is 1180. The zero-order valence-corrected chi connectivity index (χ0v) is 17.6. The topological polar surface area (TPSA) is 114 Å². The van der Waals surface area contributed by atoms with E-state index in [4.69, 9.17) is 16.0 Å². The molecule has 0 radical (unpaired) electrons. The Labute approximate surface area is 173 Å². The molecule has 3 rings (SSSR count). The summed E-state index contributed by atoms with van der Waals surface area (Å²) < 4.78 is 31.3. The van der Waals surface area contributed by atoms with Crippen LogP contribution in [0, 0.1) is 13.8 Å². The van der Waals surface area contributed by atoms with Crippen molar-refractivity contribution in [3.8, 4) is 5.75 Å². The van der Waals surface area contributed by atoms with Crippen LogP contribution in [0.3, 0.4) is 0 Å². The number of rotatable bonds is 6. The summed E-state index contributed by atoms with van der Waals surface area (Å²) in [5.74, 6) is -0.468. The predicted molar refractivity (Wildman–Crippen MR) is 108 cm³/mol. The lowest BCUT2D eigenvalue weighted by atomic mass is 10.3. The summed E-state index contributed by atoms with van der Waals surface area (Å²) in [4.78, 5) is 12.5. The number of aromatic nitrogens is 2. The SMILES string of the molecule is CCS(=O)(=O)c1ccc(O)c(NC(=O)c2ccc(Cn3nc(C)c(Cl)c3C)o2)c1. The van der Waals surface area contributed by atoms with Gasteiger partial charge in [0, 0.05) is 0 Å². The van der Waals surface area contributed by atoms with E-state index in [-0.39, 0.29) is 27.8 Å². The minimum Gasteiger partial charge on any atom is -0.506 e.